The third-order valence-electron chi connectivity index (χ3n) is 5.17. The first-order valence-corrected chi connectivity index (χ1v) is 11.1. The summed E-state index contributed by atoms with van der Waals surface area (Å²) >= 11 is 3.99. The molecule has 0 radical (unpaired) electrons. The molecule has 5 unspecified atom stereocenters. The number of aromatic amines is 1. The average molecular weight is 471 g/mol. The molecule has 0 aliphatic rings. The molecule has 5 atom stereocenters. The van der Waals surface area contributed by atoms with Gasteiger partial charge in [-0.25, -0.2) is 9.78 Å². The number of carbonyl (C=O) groups is 4. The lowest BCUT2D eigenvalue weighted by Gasteiger charge is -2.29. The predicted octanol–water partition coefficient (Wildman–Crippen LogP) is -0.550. The Morgan fingerprint density at radius 2 is 1.69 bits per heavy atom. The number of aromatic nitrogens is 2. The predicted molar refractivity (Wildman–Crippen MR) is 122 cm³/mol. The molecule has 180 valence electrons. The number of amides is 3. The molecule has 12 heteroatoms. The van der Waals surface area contributed by atoms with E-state index in [1.807, 2.05) is 6.92 Å². The summed E-state index contributed by atoms with van der Waals surface area (Å²) in [7, 11) is 0. The molecule has 0 saturated heterocycles. The fourth-order valence-corrected chi connectivity index (χ4v) is 3.07. The molecule has 1 heterocycles. The van der Waals surface area contributed by atoms with Gasteiger partial charge in [0.2, 0.25) is 17.7 Å². The minimum atomic E-state index is -1.21. The third-order valence-corrected chi connectivity index (χ3v) is 5.56. The molecule has 1 rings (SSSR count). The molecule has 11 nitrogen and oxygen atoms in total. The molecule has 0 aromatic carbocycles. The lowest BCUT2D eigenvalue weighted by molar-refractivity contribution is -0.142. The van der Waals surface area contributed by atoms with Gasteiger partial charge in [-0.05, 0) is 11.8 Å². The molecular formula is C20H34N6O5S. The van der Waals surface area contributed by atoms with E-state index in [0.29, 0.717) is 12.1 Å². The average Bonchev–Trinajstić information content (AvgIpc) is 3.26. The van der Waals surface area contributed by atoms with Crippen LogP contribution in [0, 0.1) is 11.8 Å². The fraction of sp³-hybridized carbons (Fsp3) is 0.650. The zero-order valence-corrected chi connectivity index (χ0v) is 19.7. The second kappa shape index (κ2) is 13.1. The number of imidazole rings is 1. The van der Waals surface area contributed by atoms with Crippen LogP contribution in [0.1, 0.15) is 39.8 Å². The van der Waals surface area contributed by atoms with Gasteiger partial charge in [0.05, 0.1) is 12.4 Å². The standard InChI is InChI=1S/C20H34N6O5S/c1-5-11(4)16(19(29)24-14(20(30)31)6-12-7-22-9-23-12)26-18(28)15(10(2)3)25-17(27)13(21)8-32/h7,9-11,13-16,32H,5-6,8,21H2,1-4H3,(H,22,23)(H,24,29)(H,25,27)(H,26,28)(H,30,31). The van der Waals surface area contributed by atoms with Gasteiger partial charge in [-0.2, -0.15) is 12.6 Å². The van der Waals surface area contributed by atoms with Crippen LogP contribution in [-0.4, -0.2) is 68.7 Å². The van der Waals surface area contributed by atoms with Crippen molar-refractivity contribution in [3.63, 3.8) is 0 Å². The van der Waals surface area contributed by atoms with Crippen molar-refractivity contribution in [3.8, 4) is 0 Å². The number of aliphatic carboxylic acids is 1. The first-order valence-electron chi connectivity index (χ1n) is 10.5. The van der Waals surface area contributed by atoms with E-state index in [1.54, 1.807) is 20.8 Å². The summed E-state index contributed by atoms with van der Waals surface area (Å²) in [5.41, 5.74) is 6.22. The van der Waals surface area contributed by atoms with Crippen LogP contribution in [0.25, 0.3) is 0 Å². The Balaban J connectivity index is 2.97. The maximum absolute atomic E-state index is 13.0. The Bertz CT molecular complexity index is 773. The van der Waals surface area contributed by atoms with Crippen molar-refractivity contribution in [1.82, 2.24) is 25.9 Å². The summed E-state index contributed by atoms with van der Waals surface area (Å²) in [6.45, 7) is 7.12. The number of carboxylic acid groups (broad SMARTS) is 1. The van der Waals surface area contributed by atoms with Crippen molar-refractivity contribution in [2.24, 2.45) is 17.6 Å². The van der Waals surface area contributed by atoms with Gasteiger partial charge in [0, 0.05) is 24.1 Å². The van der Waals surface area contributed by atoms with Gasteiger partial charge in [-0.1, -0.05) is 34.1 Å². The minimum Gasteiger partial charge on any atom is -0.480 e. The first-order chi connectivity index (χ1) is 15.0. The number of carbonyl (C=O) groups excluding carboxylic acids is 3. The van der Waals surface area contributed by atoms with E-state index in [0.717, 1.165) is 0 Å². The number of carboxylic acids is 1. The summed E-state index contributed by atoms with van der Waals surface area (Å²) in [4.78, 5) is 56.4. The fourth-order valence-electron chi connectivity index (χ4n) is 2.90. The second-order valence-electron chi connectivity index (χ2n) is 8.07. The molecule has 0 spiro atoms. The van der Waals surface area contributed by atoms with Gasteiger partial charge in [0.1, 0.15) is 18.1 Å². The van der Waals surface area contributed by atoms with Crippen LogP contribution in [0.15, 0.2) is 12.5 Å². The molecule has 32 heavy (non-hydrogen) atoms. The largest absolute Gasteiger partial charge is 0.480 e. The van der Waals surface area contributed by atoms with Crippen LogP contribution in [0.2, 0.25) is 0 Å². The minimum absolute atomic E-state index is 0.00847. The highest BCUT2D eigenvalue weighted by Gasteiger charge is 2.33. The molecule has 0 fully saturated rings. The van der Waals surface area contributed by atoms with Crippen molar-refractivity contribution in [3.05, 3.63) is 18.2 Å². The summed E-state index contributed by atoms with van der Waals surface area (Å²) in [5, 5.41) is 17.3. The number of nitrogens with one attached hydrogen (secondary N) is 4. The van der Waals surface area contributed by atoms with Crippen LogP contribution in [0.4, 0.5) is 0 Å². The van der Waals surface area contributed by atoms with E-state index in [1.165, 1.54) is 12.5 Å². The SMILES string of the molecule is CCC(C)C(NC(=O)C(NC(=O)C(N)CS)C(C)C)C(=O)NC(Cc1cnc[nH]1)C(=O)O. The van der Waals surface area contributed by atoms with E-state index in [-0.39, 0.29) is 24.0 Å². The Labute approximate surface area is 193 Å². The van der Waals surface area contributed by atoms with Crippen LogP contribution in [0.5, 0.6) is 0 Å². The number of nitrogens with two attached hydrogens (primary N) is 1. The monoisotopic (exact) mass is 470 g/mol. The van der Waals surface area contributed by atoms with Crippen molar-refractivity contribution in [2.75, 3.05) is 5.75 Å². The van der Waals surface area contributed by atoms with Crippen LogP contribution >= 0.6 is 12.6 Å². The van der Waals surface area contributed by atoms with E-state index in [2.05, 4.69) is 38.5 Å². The molecule has 1 aromatic rings. The van der Waals surface area contributed by atoms with E-state index in [4.69, 9.17) is 5.73 Å². The summed E-state index contributed by atoms with van der Waals surface area (Å²) < 4.78 is 0. The van der Waals surface area contributed by atoms with Gasteiger partial charge in [-0.3, -0.25) is 14.4 Å². The highest BCUT2D eigenvalue weighted by atomic mass is 32.1. The number of thiol groups is 1. The Morgan fingerprint density at radius 3 is 2.16 bits per heavy atom. The number of rotatable bonds is 13. The number of H-pyrrole nitrogens is 1. The molecule has 0 aliphatic heterocycles. The first kappa shape index (κ1) is 27.4. The van der Waals surface area contributed by atoms with Gasteiger partial charge >= 0.3 is 5.97 Å². The highest BCUT2D eigenvalue weighted by Crippen LogP contribution is 2.11. The normalized spacial score (nSPS) is 15.8. The topological polar surface area (TPSA) is 179 Å². The van der Waals surface area contributed by atoms with Crippen molar-refractivity contribution in [2.45, 2.75) is 64.7 Å². The lowest BCUT2D eigenvalue weighted by atomic mass is 9.96. The van der Waals surface area contributed by atoms with Gasteiger partial charge in [-0.15, -0.1) is 0 Å². The van der Waals surface area contributed by atoms with Crippen molar-refractivity contribution >= 4 is 36.3 Å². The molecule has 0 aliphatic carbocycles. The van der Waals surface area contributed by atoms with Crippen LogP contribution in [-0.2, 0) is 25.6 Å². The second-order valence-corrected chi connectivity index (χ2v) is 8.44. The highest BCUT2D eigenvalue weighted by molar-refractivity contribution is 7.80. The molecule has 0 saturated carbocycles. The van der Waals surface area contributed by atoms with Crippen molar-refractivity contribution in [1.29, 1.82) is 0 Å². The van der Waals surface area contributed by atoms with Gasteiger partial charge in [0.15, 0.2) is 0 Å². The van der Waals surface area contributed by atoms with Gasteiger partial charge in [0.25, 0.3) is 0 Å². The van der Waals surface area contributed by atoms with Crippen LogP contribution < -0.4 is 21.7 Å². The molecule has 1 aromatic heterocycles. The number of hydrogen-bond acceptors (Lipinski definition) is 7. The Kier molecular flexibility index (Phi) is 11.2. The smallest absolute Gasteiger partial charge is 0.326 e. The summed E-state index contributed by atoms with van der Waals surface area (Å²) in [6, 6.07) is -4.00. The van der Waals surface area contributed by atoms with Crippen LogP contribution in [0.3, 0.4) is 0 Å². The third kappa shape index (κ3) is 8.15. The summed E-state index contributed by atoms with van der Waals surface area (Å²) in [6.07, 6.45) is 3.45. The lowest BCUT2D eigenvalue weighted by Crippen LogP contribution is -2.60. The van der Waals surface area contributed by atoms with E-state index in [9.17, 15) is 24.3 Å². The maximum atomic E-state index is 13.0. The molecule has 7 N–H and O–H groups in total. The number of nitrogens with zero attached hydrogens (tertiary/aromatic N) is 1. The van der Waals surface area contributed by atoms with E-state index < -0.39 is 47.9 Å². The molecular weight excluding hydrogens is 436 g/mol. The zero-order chi connectivity index (χ0) is 24.4. The maximum Gasteiger partial charge on any atom is 0.326 e. The summed E-state index contributed by atoms with van der Waals surface area (Å²) in [5.74, 6) is -3.37. The quantitative estimate of drug-likeness (QED) is 0.189. The zero-order valence-electron chi connectivity index (χ0n) is 18.8. The molecule has 0 bridgehead atoms. The Morgan fingerprint density at radius 1 is 1.09 bits per heavy atom. The molecule has 3 amide bonds. The van der Waals surface area contributed by atoms with Crippen molar-refractivity contribution < 1.29 is 24.3 Å². The van der Waals surface area contributed by atoms with E-state index >= 15 is 0 Å². The van der Waals surface area contributed by atoms with Gasteiger partial charge < -0.3 is 31.8 Å². The number of hydrogen-bond donors (Lipinski definition) is 7. The Hall–Kier alpha value is -2.60.